The zero-order valence-electron chi connectivity index (χ0n) is 23.4. The summed E-state index contributed by atoms with van der Waals surface area (Å²) in [6.07, 6.45) is 0. The molecule has 0 saturated heterocycles. The van der Waals surface area contributed by atoms with E-state index in [0.717, 1.165) is 38.6 Å². The maximum absolute atomic E-state index is 6.31. The molecule has 3 heterocycles. The van der Waals surface area contributed by atoms with Crippen molar-refractivity contribution in [3.8, 4) is 45.3 Å². The third-order valence-corrected chi connectivity index (χ3v) is 9.36. The van der Waals surface area contributed by atoms with Crippen molar-refractivity contribution in [2.45, 2.75) is 0 Å². The first kappa shape index (κ1) is 24.9. The number of thiophene rings is 1. The minimum Gasteiger partial charge on any atom is -0.456 e. The zero-order valence-corrected chi connectivity index (χ0v) is 24.3. The van der Waals surface area contributed by atoms with Gasteiger partial charge in [-0.25, -0.2) is 15.0 Å². The third-order valence-electron chi connectivity index (χ3n) is 8.14. The van der Waals surface area contributed by atoms with E-state index < -0.39 is 0 Å². The molecule has 0 bridgehead atoms. The Morgan fingerprint density at radius 3 is 1.64 bits per heavy atom. The summed E-state index contributed by atoms with van der Waals surface area (Å²) in [5.74, 6) is 1.91. The molecule has 0 amide bonds. The van der Waals surface area contributed by atoms with Crippen molar-refractivity contribution in [3.05, 3.63) is 140 Å². The largest absolute Gasteiger partial charge is 0.456 e. The molecule has 9 aromatic rings. The number of rotatable bonds is 4. The number of nitrogens with zero attached hydrogens (tertiary/aromatic N) is 3. The van der Waals surface area contributed by atoms with Gasteiger partial charge in [-0.15, -0.1) is 11.3 Å². The average molecular weight is 582 g/mol. The molecule has 9 rings (SSSR count). The minimum atomic E-state index is 0.625. The smallest absolute Gasteiger partial charge is 0.164 e. The van der Waals surface area contributed by atoms with Crippen molar-refractivity contribution in [2.24, 2.45) is 0 Å². The Hall–Kier alpha value is -5.65. The lowest BCUT2D eigenvalue weighted by atomic mass is 10.00. The Bertz CT molecular complexity index is 2440. The molecule has 3 aromatic heterocycles. The summed E-state index contributed by atoms with van der Waals surface area (Å²) >= 11 is 1.85. The summed E-state index contributed by atoms with van der Waals surface area (Å²) in [4.78, 5) is 14.7. The molecule has 0 radical (unpaired) electrons. The normalized spacial score (nSPS) is 11.6. The van der Waals surface area contributed by atoms with Crippen LogP contribution in [0.15, 0.2) is 144 Å². The van der Waals surface area contributed by atoms with E-state index >= 15 is 0 Å². The van der Waals surface area contributed by atoms with Gasteiger partial charge in [-0.3, -0.25) is 0 Å². The molecule has 0 aliphatic rings. The number of benzene rings is 6. The van der Waals surface area contributed by atoms with Crippen LogP contribution >= 0.6 is 11.3 Å². The second-order valence-corrected chi connectivity index (χ2v) is 11.9. The SMILES string of the molecule is c1ccc(-c2nc(-c3ccccc3)nc(-c3ccc4oc5ccc(-c6cccc7c6sc6ccccc67)cc5c4c3)n2)cc1. The van der Waals surface area contributed by atoms with Gasteiger partial charge in [0.25, 0.3) is 0 Å². The Morgan fingerprint density at radius 2 is 0.955 bits per heavy atom. The van der Waals surface area contributed by atoms with E-state index in [1.54, 1.807) is 0 Å². The predicted molar refractivity (Wildman–Crippen MR) is 182 cm³/mol. The van der Waals surface area contributed by atoms with Crippen LogP contribution in [-0.4, -0.2) is 15.0 Å². The fraction of sp³-hybridized carbons (Fsp3) is 0. The number of fused-ring (bicyclic) bond motifs is 6. The van der Waals surface area contributed by atoms with Gasteiger partial charge < -0.3 is 4.42 Å². The van der Waals surface area contributed by atoms with Gasteiger partial charge >= 0.3 is 0 Å². The first-order valence-electron chi connectivity index (χ1n) is 14.5. The van der Waals surface area contributed by atoms with Crippen LogP contribution in [0, 0.1) is 0 Å². The monoisotopic (exact) mass is 581 g/mol. The van der Waals surface area contributed by atoms with E-state index in [9.17, 15) is 0 Å². The highest BCUT2D eigenvalue weighted by Gasteiger charge is 2.16. The van der Waals surface area contributed by atoms with Gasteiger partial charge in [0.05, 0.1) is 0 Å². The van der Waals surface area contributed by atoms with Gasteiger partial charge in [0, 0.05) is 47.6 Å². The first-order valence-corrected chi connectivity index (χ1v) is 15.3. The van der Waals surface area contributed by atoms with Crippen molar-refractivity contribution < 1.29 is 4.42 Å². The highest BCUT2D eigenvalue weighted by Crippen LogP contribution is 2.41. The van der Waals surface area contributed by atoms with Crippen LogP contribution in [0.1, 0.15) is 0 Å². The molecule has 0 spiro atoms. The van der Waals surface area contributed by atoms with Gasteiger partial charge in [-0.1, -0.05) is 103 Å². The molecule has 4 nitrogen and oxygen atoms in total. The summed E-state index contributed by atoms with van der Waals surface area (Å²) in [6, 6.07) is 48.0. The van der Waals surface area contributed by atoms with E-state index in [4.69, 9.17) is 19.4 Å². The van der Waals surface area contributed by atoms with Crippen LogP contribution in [0.3, 0.4) is 0 Å². The Kier molecular flexibility index (Phi) is 5.64. The molecule has 0 N–H and O–H groups in total. The topological polar surface area (TPSA) is 51.8 Å². The molecule has 0 fully saturated rings. The third kappa shape index (κ3) is 4.09. The van der Waals surface area contributed by atoms with Crippen LogP contribution in [0.4, 0.5) is 0 Å². The molecule has 6 aromatic carbocycles. The Balaban J connectivity index is 1.22. The van der Waals surface area contributed by atoms with Crippen molar-refractivity contribution >= 4 is 53.4 Å². The molecule has 0 saturated carbocycles. The van der Waals surface area contributed by atoms with Crippen molar-refractivity contribution in [2.75, 3.05) is 0 Å². The molecular formula is C39H23N3OS. The lowest BCUT2D eigenvalue weighted by Crippen LogP contribution is -2.00. The fourth-order valence-electron chi connectivity index (χ4n) is 6.00. The van der Waals surface area contributed by atoms with Gasteiger partial charge in [0.15, 0.2) is 17.5 Å². The molecule has 5 heteroatoms. The van der Waals surface area contributed by atoms with Gasteiger partial charge in [0.2, 0.25) is 0 Å². The standard InChI is InChI=1S/C39H23N3OS/c1-3-10-24(11-4-1)37-40-38(25-12-5-2-6-13-25)42-39(41-37)27-19-21-34-32(23-27)31-22-26(18-20-33(31)43-34)28-15-9-16-30-29-14-7-8-17-35(29)44-36(28)30/h1-23H. The average Bonchev–Trinajstić information content (AvgIpc) is 3.66. The summed E-state index contributed by atoms with van der Waals surface area (Å²) < 4.78 is 8.91. The molecule has 0 aliphatic heterocycles. The number of hydrogen-bond acceptors (Lipinski definition) is 5. The molecule has 44 heavy (non-hydrogen) atoms. The molecule has 206 valence electrons. The van der Waals surface area contributed by atoms with E-state index in [-0.39, 0.29) is 0 Å². The van der Waals surface area contributed by atoms with Gasteiger partial charge in [-0.2, -0.15) is 0 Å². The summed E-state index contributed by atoms with van der Waals surface area (Å²) in [7, 11) is 0. The summed E-state index contributed by atoms with van der Waals surface area (Å²) in [6.45, 7) is 0. The van der Waals surface area contributed by atoms with Crippen LogP contribution < -0.4 is 0 Å². The second kappa shape index (κ2) is 9.97. The van der Waals surface area contributed by atoms with Crippen LogP contribution in [-0.2, 0) is 0 Å². The van der Waals surface area contributed by atoms with E-state index in [0.29, 0.717) is 17.5 Å². The van der Waals surface area contributed by atoms with Gasteiger partial charge in [0.1, 0.15) is 11.2 Å². The number of hydrogen-bond donors (Lipinski definition) is 0. The van der Waals surface area contributed by atoms with E-state index in [1.807, 2.05) is 84.1 Å². The quantitative estimate of drug-likeness (QED) is 0.207. The lowest BCUT2D eigenvalue weighted by Gasteiger charge is -2.08. The first-order chi connectivity index (χ1) is 21.8. The van der Waals surface area contributed by atoms with Crippen molar-refractivity contribution in [3.63, 3.8) is 0 Å². The lowest BCUT2D eigenvalue weighted by molar-refractivity contribution is 0.669. The summed E-state index contributed by atoms with van der Waals surface area (Å²) in [5.41, 5.74) is 6.89. The maximum atomic E-state index is 6.31. The Labute approximate surface area is 256 Å². The van der Waals surface area contributed by atoms with Gasteiger partial charge in [-0.05, 0) is 47.5 Å². The van der Waals surface area contributed by atoms with Crippen molar-refractivity contribution in [1.29, 1.82) is 0 Å². The molecule has 0 unspecified atom stereocenters. The number of furan rings is 1. The second-order valence-electron chi connectivity index (χ2n) is 10.8. The predicted octanol–water partition coefficient (Wildman–Crippen LogP) is 10.8. The molecular weight excluding hydrogens is 559 g/mol. The zero-order chi connectivity index (χ0) is 29.0. The van der Waals surface area contributed by atoms with E-state index in [1.165, 1.54) is 31.3 Å². The van der Waals surface area contributed by atoms with Crippen molar-refractivity contribution in [1.82, 2.24) is 15.0 Å². The minimum absolute atomic E-state index is 0.625. The van der Waals surface area contributed by atoms with Crippen LogP contribution in [0.2, 0.25) is 0 Å². The van der Waals surface area contributed by atoms with Crippen LogP contribution in [0.5, 0.6) is 0 Å². The summed E-state index contributed by atoms with van der Waals surface area (Å²) in [5, 5.41) is 4.70. The fourth-order valence-corrected chi connectivity index (χ4v) is 7.23. The number of aromatic nitrogens is 3. The molecule has 0 aliphatic carbocycles. The highest BCUT2D eigenvalue weighted by atomic mass is 32.1. The van der Waals surface area contributed by atoms with Crippen LogP contribution in [0.25, 0.3) is 87.4 Å². The van der Waals surface area contributed by atoms with E-state index in [2.05, 4.69) is 66.7 Å². The maximum Gasteiger partial charge on any atom is 0.164 e. The highest BCUT2D eigenvalue weighted by molar-refractivity contribution is 7.26. The Morgan fingerprint density at radius 1 is 0.409 bits per heavy atom. The molecule has 0 atom stereocenters.